The Bertz CT molecular complexity index is 32.7. The summed E-state index contributed by atoms with van der Waals surface area (Å²) in [5.41, 5.74) is 0. The van der Waals surface area contributed by atoms with Gasteiger partial charge in [-0.25, -0.2) is 0 Å². The molecule has 0 spiro atoms. The van der Waals surface area contributed by atoms with Crippen LogP contribution >= 0.6 is 0 Å². The van der Waals surface area contributed by atoms with Crippen LogP contribution in [0.1, 0.15) is 0 Å². The Kier molecular flexibility index (Phi) is 51.7. The van der Waals surface area contributed by atoms with Crippen LogP contribution in [0.4, 0.5) is 0 Å². The van der Waals surface area contributed by atoms with Gasteiger partial charge in [-0.3, -0.25) is 0 Å². The minimum atomic E-state index is -1.75. The first-order chi connectivity index (χ1) is 1.73. The summed E-state index contributed by atoms with van der Waals surface area (Å²) in [4.78, 5) is 8.25. The van der Waals surface area contributed by atoms with Crippen LogP contribution in [0.25, 0.3) is 0 Å². The molecule has 0 saturated heterocycles. The second-order valence-electron chi connectivity index (χ2n) is 0.224. The zero-order valence-electron chi connectivity index (χ0n) is 3.08. The summed E-state index contributed by atoms with van der Waals surface area (Å²) < 4.78 is 0. The summed E-state index contributed by atoms with van der Waals surface area (Å²) in [7, 11) is 0. The normalized spacial score (nSPS) is 3.43. The average Bonchev–Trinajstić information content (AvgIpc) is 0.811. The first-order valence-electron chi connectivity index (χ1n) is 0.548. The first-order valence-corrected chi connectivity index (χ1v) is 0.548. The van der Waals surface area contributed by atoms with Crippen LogP contribution in [-0.2, 0) is 5.48 Å². The largest absolute Gasteiger partial charge is 3.00 e. The van der Waals surface area contributed by atoms with E-state index in [1.165, 1.54) is 0 Å². The molecule has 0 aliphatic heterocycles. The molecule has 0 fully saturated rings. The Balaban J connectivity index is -0.0000000150. The molecule has 0 aliphatic rings. The summed E-state index contributed by atoms with van der Waals surface area (Å²) >= 11 is 0. The minimum absolute atomic E-state index is 0. The number of hydrogen-bond donors (Lipinski definition) is 0. The molecular formula is Ce2NO4+3. The van der Waals surface area contributed by atoms with E-state index in [9.17, 15) is 0 Å². The molecule has 34 valence electrons. The molecule has 0 saturated carbocycles. The van der Waals surface area contributed by atoms with Crippen molar-refractivity contribution in [1.82, 2.24) is 0 Å². The molecular weight excluding hydrogens is 358 g/mol. The van der Waals surface area contributed by atoms with E-state index >= 15 is 0 Å². The van der Waals surface area contributed by atoms with E-state index in [2.05, 4.69) is 0 Å². The molecule has 0 heterocycles. The quantitative estimate of drug-likeness (QED) is 0.437. The van der Waals surface area contributed by atoms with Crippen molar-refractivity contribution in [2.75, 3.05) is 0 Å². The molecule has 0 aliphatic carbocycles. The van der Waals surface area contributed by atoms with Crippen LogP contribution < -0.4 is 0 Å². The van der Waals surface area contributed by atoms with Gasteiger partial charge in [0.05, 0.1) is 5.09 Å². The fraction of sp³-hybridized carbons (Fsp3) is 0. The Morgan fingerprint density at radius 1 is 1.14 bits per heavy atom. The summed E-state index contributed by atoms with van der Waals surface area (Å²) in [6, 6.07) is 0. The van der Waals surface area contributed by atoms with E-state index in [0.717, 1.165) is 0 Å². The van der Waals surface area contributed by atoms with Gasteiger partial charge in [0.15, 0.2) is 0 Å². The molecule has 0 N–H and O–H groups in total. The average molecular weight is 358 g/mol. The maximum absolute atomic E-state index is 8.25. The standard InChI is InChI=1S/2Ce.NO3.O/c;;2-1(3)4;/q2*+3;-1;-2. The van der Waals surface area contributed by atoms with E-state index in [4.69, 9.17) is 15.3 Å². The van der Waals surface area contributed by atoms with Crippen molar-refractivity contribution in [2.24, 2.45) is 0 Å². The number of rotatable bonds is 0. The summed E-state index contributed by atoms with van der Waals surface area (Å²) in [5, 5.41) is 14.8. The Hall–Kier alpha value is 1.91. The molecule has 0 bridgehead atoms. The van der Waals surface area contributed by atoms with Crippen LogP contribution in [0.3, 0.4) is 0 Å². The topological polar surface area (TPSA) is 94.7 Å². The SMILES string of the molecule is O=[N+]([O-])[O-].[Ce+3].[Ce+3].[O-2]. The molecule has 0 aromatic rings. The third kappa shape index (κ3) is 75.6. The van der Waals surface area contributed by atoms with Crippen molar-refractivity contribution in [2.45, 2.75) is 0 Å². The van der Waals surface area contributed by atoms with Gasteiger partial charge in [-0.05, 0) is 0 Å². The van der Waals surface area contributed by atoms with Gasteiger partial charge in [-0.1, -0.05) is 0 Å². The summed E-state index contributed by atoms with van der Waals surface area (Å²) in [6.07, 6.45) is 0. The molecule has 0 aromatic heterocycles. The van der Waals surface area contributed by atoms with Crippen molar-refractivity contribution >= 4 is 0 Å². The molecule has 0 amide bonds. The van der Waals surface area contributed by atoms with Crippen molar-refractivity contribution < 1.29 is 94.1 Å². The predicted molar refractivity (Wildman–Crippen MR) is 11.0 cm³/mol. The number of hydrogen-bond acceptors (Lipinski definition) is 3. The molecule has 0 unspecified atom stereocenters. The monoisotopic (exact) mass is 358 g/mol. The Morgan fingerprint density at radius 3 is 1.14 bits per heavy atom. The molecule has 2 radical (unpaired) electrons. The van der Waals surface area contributed by atoms with Crippen LogP contribution in [0.2, 0.25) is 0 Å². The van der Waals surface area contributed by atoms with Crippen LogP contribution in [0.15, 0.2) is 0 Å². The number of nitrogens with zero attached hydrogens (tertiary/aromatic N) is 1. The Labute approximate surface area is 107 Å². The molecule has 7 heteroatoms. The van der Waals surface area contributed by atoms with Gasteiger partial charge in [-0.15, -0.1) is 0 Å². The minimum Gasteiger partial charge on any atom is -2.00 e. The third-order valence-electron chi connectivity index (χ3n) is 0. The van der Waals surface area contributed by atoms with Crippen molar-refractivity contribution in [3.05, 3.63) is 15.3 Å². The maximum atomic E-state index is 8.25. The van der Waals surface area contributed by atoms with Gasteiger partial charge in [0, 0.05) is 0 Å². The maximum Gasteiger partial charge on any atom is 3.00 e. The summed E-state index contributed by atoms with van der Waals surface area (Å²) in [6.45, 7) is 0. The van der Waals surface area contributed by atoms with Gasteiger partial charge >= 0.3 is 83.5 Å². The molecule has 5 nitrogen and oxygen atoms in total. The molecule has 0 rings (SSSR count). The molecule has 0 atom stereocenters. The first kappa shape index (κ1) is 23.1. The van der Waals surface area contributed by atoms with E-state index in [1.54, 1.807) is 0 Å². The Morgan fingerprint density at radius 2 is 1.14 bits per heavy atom. The van der Waals surface area contributed by atoms with E-state index in [-0.39, 0.29) is 89.0 Å². The zero-order valence-corrected chi connectivity index (χ0v) is 9.36. The smallest absolute Gasteiger partial charge is 2.00 e. The second-order valence-corrected chi connectivity index (χ2v) is 0.224. The van der Waals surface area contributed by atoms with Crippen molar-refractivity contribution in [3.63, 3.8) is 0 Å². The van der Waals surface area contributed by atoms with Crippen molar-refractivity contribution in [3.8, 4) is 0 Å². The van der Waals surface area contributed by atoms with Gasteiger partial charge in [0.2, 0.25) is 0 Å². The molecule has 7 heavy (non-hydrogen) atoms. The van der Waals surface area contributed by atoms with Crippen LogP contribution in [0.5, 0.6) is 0 Å². The second kappa shape index (κ2) is 15.7. The molecule has 0 aromatic carbocycles. The van der Waals surface area contributed by atoms with Gasteiger partial charge in [-0.2, -0.15) is 0 Å². The zero-order chi connectivity index (χ0) is 3.58. The van der Waals surface area contributed by atoms with E-state index in [0.29, 0.717) is 0 Å². The van der Waals surface area contributed by atoms with Gasteiger partial charge in [0.25, 0.3) is 0 Å². The van der Waals surface area contributed by atoms with Gasteiger partial charge in [0.1, 0.15) is 0 Å². The van der Waals surface area contributed by atoms with E-state index < -0.39 is 5.09 Å². The van der Waals surface area contributed by atoms with Gasteiger partial charge < -0.3 is 20.8 Å². The summed E-state index contributed by atoms with van der Waals surface area (Å²) in [5.74, 6) is 0. The fourth-order valence-corrected chi connectivity index (χ4v) is 0. The van der Waals surface area contributed by atoms with Crippen LogP contribution in [0, 0.1) is 98.8 Å². The third-order valence-corrected chi connectivity index (χ3v) is 0. The van der Waals surface area contributed by atoms with Crippen LogP contribution in [-0.4, -0.2) is 5.09 Å². The predicted octanol–water partition coefficient (Wildman–Crippen LogP) is -0.358. The van der Waals surface area contributed by atoms with Crippen molar-refractivity contribution in [1.29, 1.82) is 0 Å². The fourth-order valence-electron chi connectivity index (χ4n) is 0. The van der Waals surface area contributed by atoms with E-state index in [1.807, 2.05) is 0 Å².